The zero-order valence-electron chi connectivity index (χ0n) is 13.5. The third-order valence-electron chi connectivity index (χ3n) is 3.44. The maximum absolute atomic E-state index is 12.0. The zero-order valence-corrected chi connectivity index (χ0v) is 15.0. The summed E-state index contributed by atoms with van der Waals surface area (Å²) in [6, 6.07) is 14.5. The Morgan fingerprint density at radius 3 is 2.54 bits per heavy atom. The van der Waals surface area contributed by atoms with Crippen molar-refractivity contribution in [3.05, 3.63) is 58.6 Å². The molecule has 0 aliphatic rings. The van der Waals surface area contributed by atoms with Crippen LogP contribution in [0.4, 0.5) is 5.69 Å². The van der Waals surface area contributed by atoms with Crippen LogP contribution in [0.5, 0.6) is 5.75 Å². The van der Waals surface area contributed by atoms with E-state index < -0.39 is 0 Å². The number of hydrogen-bond acceptors (Lipinski definition) is 2. The molecule has 0 saturated carbocycles. The van der Waals surface area contributed by atoms with Crippen LogP contribution in [0.25, 0.3) is 0 Å². The lowest BCUT2D eigenvalue weighted by atomic mass is 10.3. The van der Waals surface area contributed by atoms with Crippen molar-refractivity contribution in [2.45, 2.75) is 6.42 Å². The van der Waals surface area contributed by atoms with Crippen LogP contribution < -0.4 is 15.0 Å². The van der Waals surface area contributed by atoms with Gasteiger partial charge < -0.3 is 15.0 Å². The highest BCUT2D eigenvalue weighted by Crippen LogP contribution is 2.19. The largest absolute Gasteiger partial charge is 0.493 e. The Balaban J connectivity index is 1.65. The number of halogens is 2. The van der Waals surface area contributed by atoms with Gasteiger partial charge in [0.05, 0.1) is 30.9 Å². The summed E-state index contributed by atoms with van der Waals surface area (Å²) in [4.78, 5) is 13.1. The summed E-state index contributed by atoms with van der Waals surface area (Å²) in [5.74, 6) is 0.743. The lowest BCUT2D eigenvalue weighted by Crippen LogP contribution is -3.10. The first-order valence-corrected chi connectivity index (χ1v) is 8.54. The van der Waals surface area contributed by atoms with Gasteiger partial charge in [-0.1, -0.05) is 35.3 Å². The molecule has 0 bridgehead atoms. The van der Waals surface area contributed by atoms with E-state index >= 15 is 0 Å². The van der Waals surface area contributed by atoms with Gasteiger partial charge in [0.15, 0.2) is 6.54 Å². The summed E-state index contributed by atoms with van der Waals surface area (Å²) < 4.78 is 5.64. The molecule has 1 atom stereocenters. The average molecular weight is 368 g/mol. The maximum atomic E-state index is 12.0. The number of amides is 1. The minimum Gasteiger partial charge on any atom is -0.493 e. The van der Waals surface area contributed by atoms with Gasteiger partial charge >= 0.3 is 0 Å². The van der Waals surface area contributed by atoms with Crippen LogP contribution >= 0.6 is 23.2 Å². The third kappa shape index (κ3) is 6.40. The molecule has 2 N–H and O–H groups in total. The molecule has 2 aromatic carbocycles. The fourth-order valence-electron chi connectivity index (χ4n) is 2.21. The molecular formula is C18H21Cl2N2O2+. The highest BCUT2D eigenvalue weighted by atomic mass is 35.5. The van der Waals surface area contributed by atoms with Crippen LogP contribution in [0.15, 0.2) is 48.5 Å². The van der Waals surface area contributed by atoms with Crippen molar-refractivity contribution < 1.29 is 14.4 Å². The molecule has 0 aromatic heterocycles. The van der Waals surface area contributed by atoms with Crippen LogP contribution in [-0.2, 0) is 4.79 Å². The van der Waals surface area contributed by atoms with Gasteiger partial charge in [0.2, 0.25) is 0 Å². The molecule has 0 aliphatic carbocycles. The van der Waals surface area contributed by atoms with Crippen molar-refractivity contribution in [1.29, 1.82) is 0 Å². The predicted molar refractivity (Wildman–Crippen MR) is 98.3 cm³/mol. The van der Waals surface area contributed by atoms with Crippen LogP contribution in [0.2, 0.25) is 10.0 Å². The van der Waals surface area contributed by atoms with Crippen molar-refractivity contribution in [3.63, 3.8) is 0 Å². The normalized spacial score (nSPS) is 11.8. The second-order valence-corrected chi connectivity index (χ2v) is 6.41. The van der Waals surface area contributed by atoms with Crippen LogP contribution in [0, 0.1) is 0 Å². The molecule has 128 valence electrons. The smallest absolute Gasteiger partial charge is 0.279 e. The van der Waals surface area contributed by atoms with Gasteiger partial charge in [0.1, 0.15) is 5.75 Å². The van der Waals surface area contributed by atoms with E-state index in [2.05, 4.69) is 5.32 Å². The fraction of sp³-hybridized carbons (Fsp3) is 0.278. The molecule has 2 rings (SSSR count). The molecule has 1 amide bonds. The highest BCUT2D eigenvalue weighted by molar-refractivity contribution is 6.33. The topological polar surface area (TPSA) is 42.8 Å². The van der Waals surface area contributed by atoms with E-state index in [4.69, 9.17) is 27.9 Å². The number of ether oxygens (including phenoxy) is 1. The second kappa shape index (κ2) is 9.52. The van der Waals surface area contributed by atoms with Crippen molar-refractivity contribution in [3.8, 4) is 5.75 Å². The second-order valence-electron chi connectivity index (χ2n) is 5.57. The molecule has 24 heavy (non-hydrogen) atoms. The molecule has 0 fully saturated rings. The summed E-state index contributed by atoms with van der Waals surface area (Å²) in [7, 11) is 1.98. The molecule has 6 heteroatoms. The number of anilines is 1. The van der Waals surface area contributed by atoms with Gasteiger partial charge in [-0.3, -0.25) is 4.79 Å². The average Bonchev–Trinajstić information content (AvgIpc) is 2.55. The molecule has 0 radical (unpaired) electrons. The Morgan fingerprint density at radius 2 is 1.83 bits per heavy atom. The minimum atomic E-state index is -0.0563. The molecule has 4 nitrogen and oxygen atoms in total. The number of para-hydroxylation sites is 1. The quantitative estimate of drug-likeness (QED) is 0.704. The fourth-order valence-corrected chi connectivity index (χ4v) is 2.52. The third-order valence-corrected chi connectivity index (χ3v) is 4.02. The summed E-state index contributed by atoms with van der Waals surface area (Å²) >= 11 is 11.9. The molecule has 0 heterocycles. The molecular weight excluding hydrogens is 347 g/mol. The number of carbonyl (C=O) groups is 1. The van der Waals surface area contributed by atoms with Gasteiger partial charge in [-0.2, -0.15) is 0 Å². The lowest BCUT2D eigenvalue weighted by molar-refractivity contribution is -0.871. The zero-order chi connectivity index (χ0) is 17.4. The minimum absolute atomic E-state index is 0.0563. The Hall–Kier alpha value is -1.75. The predicted octanol–water partition coefficient (Wildman–Crippen LogP) is 2.92. The van der Waals surface area contributed by atoms with E-state index in [9.17, 15) is 4.79 Å². The van der Waals surface area contributed by atoms with Gasteiger partial charge in [-0.25, -0.2) is 0 Å². The molecule has 0 spiro atoms. The van der Waals surface area contributed by atoms with E-state index in [1.54, 1.807) is 24.3 Å². The summed E-state index contributed by atoms with van der Waals surface area (Å²) in [6.07, 6.45) is 0.855. The first-order chi connectivity index (χ1) is 11.5. The highest BCUT2D eigenvalue weighted by Gasteiger charge is 2.11. The van der Waals surface area contributed by atoms with Gasteiger partial charge in [0.25, 0.3) is 5.91 Å². The van der Waals surface area contributed by atoms with Gasteiger partial charge in [0, 0.05) is 11.4 Å². The van der Waals surface area contributed by atoms with E-state index in [0.717, 1.165) is 23.6 Å². The standard InChI is InChI=1S/C18H20Cl2N2O2/c1-22(11-4-12-24-15-9-7-14(19)8-10-15)13-18(23)21-17-6-3-2-5-16(17)20/h2-3,5-10H,4,11-13H2,1H3,(H,21,23)/p+1. The SMILES string of the molecule is C[NH+](CCCOc1ccc(Cl)cc1)CC(=O)Nc1ccccc1Cl. The number of carbonyl (C=O) groups excluding carboxylic acids is 1. The first kappa shape index (κ1) is 18.6. The van der Waals surface area contributed by atoms with Crippen LogP contribution in [0.1, 0.15) is 6.42 Å². The van der Waals surface area contributed by atoms with Crippen molar-refractivity contribution >= 4 is 34.8 Å². The van der Waals surface area contributed by atoms with E-state index in [-0.39, 0.29) is 5.91 Å². The van der Waals surface area contributed by atoms with Crippen molar-refractivity contribution in [2.75, 3.05) is 32.1 Å². The number of rotatable bonds is 8. The lowest BCUT2D eigenvalue weighted by Gasteiger charge is -2.14. The van der Waals surface area contributed by atoms with Crippen molar-refractivity contribution in [2.24, 2.45) is 0 Å². The first-order valence-electron chi connectivity index (χ1n) is 7.78. The summed E-state index contributed by atoms with van der Waals surface area (Å²) in [5, 5.41) is 4.06. The molecule has 2 aromatic rings. The molecule has 0 saturated heterocycles. The monoisotopic (exact) mass is 367 g/mol. The van der Waals surface area contributed by atoms with Gasteiger partial charge in [-0.05, 0) is 36.4 Å². The molecule has 1 unspecified atom stereocenters. The summed E-state index contributed by atoms with van der Waals surface area (Å²) in [5.41, 5.74) is 0.642. The number of hydrogen-bond donors (Lipinski definition) is 2. The van der Waals surface area contributed by atoms with Gasteiger partial charge in [-0.15, -0.1) is 0 Å². The number of likely N-dealkylation sites (N-methyl/N-ethyl adjacent to an activating group) is 1. The Morgan fingerprint density at radius 1 is 1.12 bits per heavy atom. The van der Waals surface area contributed by atoms with E-state index in [0.29, 0.717) is 28.9 Å². The van der Waals surface area contributed by atoms with E-state index in [1.165, 1.54) is 0 Å². The number of quaternary nitrogens is 1. The van der Waals surface area contributed by atoms with E-state index in [1.807, 2.05) is 31.3 Å². The van der Waals surface area contributed by atoms with Crippen molar-refractivity contribution in [1.82, 2.24) is 0 Å². The summed E-state index contributed by atoms with van der Waals surface area (Å²) in [6.45, 7) is 1.82. The Labute approximate surface area is 152 Å². The Kier molecular flexibility index (Phi) is 7.37. The Bertz CT molecular complexity index is 662. The van der Waals surface area contributed by atoms with Crippen LogP contribution in [-0.4, -0.2) is 32.7 Å². The number of nitrogens with one attached hydrogen (secondary N) is 2. The number of benzene rings is 2. The van der Waals surface area contributed by atoms with Crippen LogP contribution in [0.3, 0.4) is 0 Å². The maximum Gasteiger partial charge on any atom is 0.279 e. The molecule has 0 aliphatic heterocycles.